The van der Waals surface area contributed by atoms with Crippen molar-refractivity contribution in [3.05, 3.63) is 54.1 Å². The van der Waals surface area contributed by atoms with Crippen LogP contribution in [-0.2, 0) is 23.9 Å². The summed E-state index contributed by atoms with van der Waals surface area (Å²) < 4.78 is 4.87. The zero-order valence-electron chi connectivity index (χ0n) is 17.2. The summed E-state index contributed by atoms with van der Waals surface area (Å²) in [4.78, 5) is 58.0. The maximum absolute atomic E-state index is 12.0. The van der Waals surface area contributed by atoms with Crippen molar-refractivity contribution in [1.29, 1.82) is 0 Å². The normalized spacial score (nSPS) is 10.0. The molecule has 162 valence electrons. The molecule has 0 aliphatic carbocycles. The lowest BCUT2D eigenvalue weighted by molar-refractivity contribution is -0.147. The zero-order chi connectivity index (χ0) is 22.8. The number of hydrogen-bond acceptors (Lipinski definition) is 6. The number of anilines is 3. The van der Waals surface area contributed by atoms with E-state index in [0.29, 0.717) is 22.6 Å². The van der Waals surface area contributed by atoms with Gasteiger partial charge >= 0.3 is 5.97 Å². The smallest absolute Gasteiger partial charge is 0.306 e. The number of carbonyl (C=O) groups excluding carboxylic acids is 5. The Hall–Kier alpha value is -4.01. The van der Waals surface area contributed by atoms with Gasteiger partial charge in [0.25, 0.3) is 5.91 Å². The average molecular weight is 425 g/mol. The molecule has 0 aliphatic heterocycles. The van der Waals surface area contributed by atoms with E-state index in [1.807, 2.05) is 0 Å². The van der Waals surface area contributed by atoms with Crippen LogP contribution in [0.3, 0.4) is 0 Å². The van der Waals surface area contributed by atoms with E-state index in [1.54, 1.807) is 42.5 Å². The van der Waals surface area contributed by atoms with Crippen LogP contribution < -0.4 is 16.0 Å². The van der Waals surface area contributed by atoms with E-state index in [-0.39, 0.29) is 24.5 Å². The Labute approximate surface area is 179 Å². The van der Waals surface area contributed by atoms with Gasteiger partial charge in [-0.1, -0.05) is 12.1 Å². The van der Waals surface area contributed by atoms with Crippen LogP contribution in [0.2, 0.25) is 0 Å². The van der Waals surface area contributed by atoms with Crippen LogP contribution in [0.4, 0.5) is 17.1 Å². The third-order valence-electron chi connectivity index (χ3n) is 3.96. The number of rotatable bonds is 9. The van der Waals surface area contributed by atoms with Crippen LogP contribution in [0.25, 0.3) is 0 Å². The number of esters is 1. The van der Waals surface area contributed by atoms with Crippen molar-refractivity contribution >= 4 is 46.5 Å². The van der Waals surface area contributed by atoms with E-state index >= 15 is 0 Å². The molecule has 2 aromatic rings. The van der Waals surface area contributed by atoms with Crippen LogP contribution in [-0.4, -0.2) is 36.1 Å². The number of nitrogens with one attached hydrogen (secondary N) is 3. The summed E-state index contributed by atoms with van der Waals surface area (Å²) in [5.74, 6) is -1.98. The molecule has 3 amide bonds. The van der Waals surface area contributed by atoms with Gasteiger partial charge < -0.3 is 20.7 Å². The number of carbonyl (C=O) groups is 5. The predicted octanol–water partition coefficient (Wildman–Crippen LogP) is 2.75. The lowest BCUT2D eigenvalue weighted by Gasteiger charge is -2.08. The molecule has 0 aromatic heterocycles. The number of amides is 3. The van der Waals surface area contributed by atoms with Gasteiger partial charge in [0.05, 0.1) is 6.42 Å². The minimum Gasteiger partial charge on any atom is -0.456 e. The Morgan fingerprint density at radius 2 is 1.35 bits per heavy atom. The molecular formula is C22H23N3O6. The zero-order valence-corrected chi connectivity index (χ0v) is 17.2. The first-order valence-electron chi connectivity index (χ1n) is 9.47. The van der Waals surface area contributed by atoms with Gasteiger partial charge in [0.2, 0.25) is 11.8 Å². The minimum atomic E-state index is -0.691. The largest absolute Gasteiger partial charge is 0.456 e. The number of ether oxygens (including phenoxy) is 1. The number of hydrogen-bond donors (Lipinski definition) is 3. The van der Waals surface area contributed by atoms with Gasteiger partial charge in [0.15, 0.2) is 12.4 Å². The van der Waals surface area contributed by atoms with Gasteiger partial charge in [-0.3, -0.25) is 24.0 Å². The van der Waals surface area contributed by atoms with E-state index in [0.717, 1.165) is 0 Å². The fraction of sp³-hybridized carbons (Fsp3) is 0.227. The highest BCUT2D eigenvalue weighted by molar-refractivity contribution is 5.98. The highest BCUT2D eigenvalue weighted by atomic mass is 16.5. The Kier molecular flexibility index (Phi) is 8.44. The molecule has 0 unspecified atom stereocenters. The van der Waals surface area contributed by atoms with Crippen LogP contribution in [0.15, 0.2) is 48.5 Å². The molecule has 0 bridgehead atoms. The van der Waals surface area contributed by atoms with Gasteiger partial charge in [-0.05, 0) is 43.3 Å². The Balaban J connectivity index is 1.70. The van der Waals surface area contributed by atoms with Gasteiger partial charge in [-0.15, -0.1) is 0 Å². The van der Waals surface area contributed by atoms with Crippen LogP contribution >= 0.6 is 0 Å². The molecule has 9 heteroatoms. The van der Waals surface area contributed by atoms with Crippen molar-refractivity contribution in [2.45, 2.75) is 26.7 Å². The highest BCUT2D eigenvalue weighted by Crippen LogP contribution is 2.14. The summed E-state index contributed by atoms with van der Waals surface area (Å²) in [5.41, 5.74) is 1.98. The van der Waals surface area contributed by atoms with E-state index in [4.69, 9.17) is 4.74 Å². The summed E-state index contributed by atoms with van der Waals surface area (Å²) in [5, 5.41) is 7.77. The minimum absolute atomic E-state index is 0.117. The van der Waals surface area contributed by atoms with E-state index in [2.05, 4.69) is 16.0 Å². The number of benzene rings is 2. The lowest BCUT2D eigenvalue weighted by Crippen LogP contribution is -2.22. The molecule has 3 N–H and O–H groups in total. The molecule has 31 heavy (non-hydrogen) atoms. The summed E-state index contributed by atoms with van der Waals surface area (Å²) in [6.45, 7) is 2.31. The van der Waals surface area contributed by atoms with Crippen molar-refractivity contribution < 1.29 is 28.7 Å². The molecule has 0 saturated carbocycles. The quantitative estimate of drug-likeness (QED) is 0.418. The molecule has 2 aromatic carbocycles. The van der Waals surface area contributed by atoms with Crippen molar-refractivity contribution in [1.82, 2.24) is 0 Å². The van der Waals surface area contributed by atoms with Crippen LogP contribution in [0.5, 0.6) is 0 Å². The number of ketones is 1. The summed E-state index contributed by atoms with van der Waals surface area (Å²) in [7, 11) is 0. The first-order chi connectivity index (χ1) is 14.7. The molecule has 0 aliphatic rings. The second-order valence-corrected chi connectivity index (χ2v) is 6.65. The average Bonchev–Trinajstić information content (AvgIpc) is 2.72. The van der Waals surface area contributed by atoms with Crippen LogP contribution in [0.1, 0.15) is 37.0 Å². The van der Waals surface area contributed by atoms with Gasteiger partial charge in [-0.25, -0.2) is 0 Å². The third-order valence-corrected chi connectivity index (χ3v) is 3.96. The Bertz CT molecular complexity index is 985. The predicted molar refractivity (Wildman–Crippen MR) is 115 cm³/mol. The molecule has 0 radical (unpaired) electrons. The summed E-state index contributed by atoms with van der Waals surface area (Å²) in [6.07, 6.45) is -0.308. The number of Topliss-reactive ketones (excluding diaryl/α,β-unsaturated/α-hetero) is 1. The monoisotopic (exact) mass is 425 g/mol. The fourth-order valence-electron chi connectivity index (χ4n) is 2.51. The van der Waals surface area contributed by atoms with Gasteiger partial charge in [0, 0.05) is 36.0 Å². The Morgan fingerprint density at radius 1 is 0.742 bits per heavy atom. The molecule has 2 rings (SSSR count). The van der Waals surface area contributed by atoms with Crippen molar-refractivity contribution in [2.75, 3.05) is 22.6 Å². The third kappa shape index (κ3) is 8.48. The second-order valence-electron chi connectivity index (χ2n) is 6.65. The standard InChI is InChI=1S/C22H23N3O6/c1-14(26)16-4-3-5-19(12-16)25-21(29)13-31-22(30)11-10-20(28)24-18-8-6-17(7-9-18)23-15(2)27/h3-9,12H,10-11,13H2,1-2H3,(H,23,27)(H,24,28)(H,25,29). The van der Waals surface area contributed by atoms with E-state index < -0.39 is 24.4 Å². The highest BCUT2D eigenvalue weighted by Gasteiger charge is 2.11. The molecule has 0 fully saturated rings. The van der Waals surface area contributed by atoms with Crippen LogP contribution in [0, 0.1) is 0 Å². The second kappa shape index (κ2) is 11.2. The van der Waals surface area contributed by atoms with E-state index in [9.17, 15) is 24.0 Å². The summed E-state index contributed by atoms with van der Waals surface area (Å²) >= 11 is 0. The topological polar surface area (TPSA) is 131 Å². The molecular weight excluding hydrogens is 402 g/mol. The van der Waals surface area contributed by atoms with Gasteiger partial charge in [-0.2, -0.15) is 0 Å². The first-order valence-corrected chi connectivity index (χ1v) is 9.47. The maximum Gasteiger partial charge on any atom is 0.306 e. The fourth-order valence-corrected chi connectivity index (χ4v) is 2.51. The SMILES string of the molecule is CC(=O)Nc1ccc(NC(=O)CCC(=O)OCC(=O)Nc2cccc(C(C)=O)c2)cc1. The van der Waals surface area contributed by atoms with Crippen molar-refractivity contribution in [3.63, 3.8) is 0 Å². The molecule has 0 spiro atoms. The Morgan fingerprint density at radius 3 is 1.97 bits per heavy atom. The van der Waals surface area contributed by atoms with Gasteiger partial charge in [0.1, 0.15) is 0 Å². The lowest BCUT2D eigenvalue weighted by atomic mass is 10.1. The van der Waals surface area contributed by atoms with Crippen molar-refractivity contribution in [3.8, 4) is 0 Å². The molecule has 9 nitrogen and oxygen atoms in total. The summed E-state index contributed by atoms with van der Waals surface area (Å²) in [6, 6.07) is 12.9. The first kappa shape index (κ1) is 23.3. The molecule has 0 saturated heterocycles. The van der Waals surface area contributed by atoms with Crippen molar-refractivity contribution in [2.24, 2.45) is 0 Å². The maximum atomic E-state index is 12.0. The molecule has 0 atom stereocenters. The molecule has 0 heterocycles. The van der Waals surface area contributed by atoms with E-state index in [1.165, 1.54) is 19.9 Å².